The van der Waals surface area contributed by atoms with E-state index in [0.29, 0.717) is 6.04 Å². The minimum absolute atomic E-state index is 0.374. The van der Waals surface area contributed by atoms with Crippen molar-refractivity contribution in [3.63, 3.8) is 0 Å². The second kappa shape index (κ2) is 8.71. The first-order valence-corrected chi connectivity index (χ1v) is 7.84. The molecule has 0 bridgehead atoms. The molecule has 0 aliphatic rings. The lowest BCUT2D eigenvalue weighted by Crippen LogP contribution is -2.23. The lowest BCUT2D eigenvalue weighted by Gasteiger charge is -2.17. The molecular formula is C18H22ClNO. The number of para-hydroxylation sites is 1. The molecular weight excluding hydrogens is 282 g/mol. The summed E-state index contributed by atoms with van der Waals surface area (Å²) in [7, 11) is 0. The molecule has 0 spiro atoms. The number of benzene rings is 2. The fourth-order valence-corrected chi connectivity index (χ4v) is 2.37. The summed E-state index contributed by atoms with van der Waals surface area (Å²) in [4.78, 5) is 0. The van der Waals surface area contributed by atoms with Gasteiger partial charge in [0.05, 0.1) is 6.61 Å². The third-order valence-electron chi connectivity index (χ3n) is 3.40. The van der Waals surface area contributed by atoms with Crippen LogP contribution in [0, 0.1) is 0 Å². The van der Waals surface area contributed by atoms with Crippen LogP contribution in [0.5, 0.6) is 5.75 Å². The van der Waals surface area contributed by atoms with Crippen LogP contribution < -0.4 is 10.1 Å². The van der Waals surface area contributed by atoms with E-state index in [0.717, 1.165) is 36.8 Å². The maximum Gasteiger partial charge on any atom is 0.119 e. The van der Waals surface area contributed by atoms with Crippen LogP contribution in [0.4, 0.5) is 0 Å². The molecule has 0 amide bonds. The maximum absolute atomic E-state index is 5.93. The van der Waals surface area contributed by atoms with Crippen molar-refractivity contribution in [2.75, 3.05) is 13.2 Å². The topological polar surface area (TPSA) is 21.3 Å². The van der Waals surface area contributed by atoms with Crippen molar-refractivity contribution in [3.05, 3.63) is 65.2 Å². The third-order valence-corrected chi connectivity index (χ3v) is 3.66. The summed E-state index contributed by atoms with van der Waals surface area (Å²) in [6.07, 6.45) is 2.04. The highest BCUT2D eigenvalue weighted by Gasteiger charge is 2.07. The van der Waals surface area contributed by atoms with Gasteiger partial charge in [-0.25, -0.2) is 0 Å². The van der Waals surface area contributed by atoms with Gasteiger partial charge in [-0.1, -0.05) is 48.9 Å². The quantitative estimate of drug-likeness (QED) is 0.704. The third kappa shape index (κ3) is 5.41. The van der Waals surface area contributed by atoms with Gasteiger partial charge in [0.2, 0.25) is 0 Å². The van der Waals surface area contributed by atoms with E-state index in [1.165, 1.54) is 5.56 Å². The number of halogens is 1. The molecule has 0 aliphatic carbocycles. The summed E-state index contributed by atoms with van der Waals surface area (Å²) in [6.45, 7) is 3.86. The Morgan fingerprint density at radius 3 is 2.43 bits per heavy atom. The van der Waals surface area contributed by atoms with Gasteiger partial charge >= 0.3 is 0 Å². The molecule has 1 atom stereocenters. The van der Waals surface area contributed by atoms with Gasteiger partial charge in [-0.2, -0.15) is 0 Å². The molecule has 2 aromatic rings. The fourth-order valence-electron chi connectivity index (χ4n) is 2.25. The Balaban J connectivity index is 1.70. The normalized spacial score (nSPS) is 12.1. The molecule has 2 rings (SSSR count). The van der Waals surface area contributed by atoms with E-state index in [1.54, 1.807) is 0 Å². The largest absolute Gasteiger partial charge is 0.494 e. The van der Waals surface area contributed by atoms with Crippen molar-refractivity contribution in [2.24, 2.45) is 0 Å². The average molecular weight is 304 g/mol. The molecule has 0 heterocycles. The van der Waals surface area contributed by atoms with Crippen molar-refractivity contribution in [1.29, 1.82) is 0 Å². The first kappa shape index (κ1) is 15.9. The van der Waals surface area contributed by atoms with E-state index < -0.39 is 0 Å². The number of hydrogen-bond acceptors (Lipinski definition) is 2. The highest BCUT2D eigenvalue weighted by atomic mass is 35.5. The molecule has 1 N–H and O–H groups in total. The predicted octanol–water partition coefficient (Wildman–Crippen LogP) is 4.85. The molecule has 0 radical (unpaired) electrons. The van der Waals surface area contributed by atoms with Crippen LogP contribution in [0.1, 0.15) is 31.4 Å². The summed E-state index contributed by atoms with van der Waals surface area (Å²) < 4.78 is 5.69. The van der Waals surface area contributed by atoms with Gasteiger partial charge in [0.1, 0.15) is 5.75 Å². The van der Waals surface area contributed by atoms with Crippen LogP contribution in [0.25, 0.3) is 0 Å². The molecule has 112 valence electrons. The zero-order valence-corrected chi connectivity index (χ0v) is 13.1. The smallest absolute Gasteiger partial charge is 0.119 e. The van der Waals surface area contributed by atoms with Crippen molar-refractivity contribution < 1.29 is 4.74 Å². The second-order valence-corrected chi connectivity index (χ2v) is 5.42. The molecule has 0 saturated heterocycles. The minimum Gasteiger partial charge on any atom is -0.494 e. The summed E-state index contributed by atoms with van der Waals surface area (Å²) in [6, 6.07) is 18.4. The molecule has 1 unspecified atom stereocenters. The van der Waals surface area contributed by atoms with Crippen LogP contribution in [-0.2, 0) is 0 Å². The number of nitrogens with one attached hydrogen (secondary N) is 1. The Morgan fingerprint density at radius 2 is 1.76 bits per heavy atom. The summed E-state index contributed by atoms with van der Waals surface area (Å²) >= 11 is 5.93. The van der Waals surface area contributed by atoms with Crippen LogP contribution >= 0.6 is 11.6 Å². The van der Waals surface area contributed by atoms with Gasteiger partial charge in [0.25, 0.3) is 0 Å². The maximum atomic E-state index is 5.93. The van der Waals surface area contributed by atoms with Crippen LogP contribution in [0.2, 0.25) is 5.02 Å². The van der Waals surface area contributed by atoms with Crippen molar-refractivity contribution in [1.82, 2.24) is 5.32 Å². The van der Waals surface area contributed by atoms with Crippen molar-refractivity contribution in [2.45, 2.75) is 25.8 Å². The summed E-state index contributed by atoms with van der Waals surface area (Å²) in [5.74, 6) is 0.933. The number of rotatable bonds is 8. The fraction of sp³-hybridized carbons (Fsp3) is 0.333. The monoisotopic (exact) mass is 303 g/mol. The van der Waals surface area contributed by atoms with Crippen molar-refractivity contribution >= 4 is 11.6 Å². The van der Waals surface area contributed by atoms with Gasteiger partial charge in [0.15, 0.2) is 0 Å². The Bertz CT molecular complexity index is 513. The lowest BCUT2D eigenvalue weighted by molar-refractivity contribution is 0.304. The highest BCUT2D eigenvalue weighted by Crippen LogP contribution is 2.19. The molecule has 21 heavy (non-hydrogen) atoms. The first-order chi connectivity index (χ1) is 10.3. The number of hydrogen-bond donors (Lipinski definition) is 1. The van der Waals surface area contributed by atoms with E-state index in [4.69, 9.17) is 16.3 Å². The van der Waals surface area contributed by atoms with E-state index in [2.05, 4.69) is 24.4 Å². The van der Waals surface area contributed by atoms with Gasteiger partial charge in [0, 0.05) is 11.1 Å². The van der Waals surface area contributed by atoms with Gasteiger partial charge in [-0.15, -0.1) is 0 Å². The van der Waals surface area contributed by atoms with Crippen molar-refractivity contribution in [3.8, 4) is 5.75 Å². The van der Waals surface area contributed by atoms with Crippen LogP contribution in [0.3, 0.4) is 0 Å². The standard InChI is InChI=1S/C18H22ClNO/c1-2-18(15-9-11-16(19)12-10-15)20-13-6-14-21-17-7-4-3-5-8-17/h3-5,7-12,18,20H,2,6,13-14H2,1H3. The second-order valence-electron chi connectivity index (χ2n) is 4.98. The van der Waals surface area contributed by atoms with Gasteiger partial charge in [-0.3, -0.25) is 0 Å². The molecule has 0 aliphatic heterocycles. The molecule has 0 fully saturated rings. The van der Waals surface area contributed by atoms with E-state index in [9.17, 15) is 0 Å². The average Bonchev–Trinajstić information content (AvgIpc) is 2.53. The Hall–Kier alpha value is -1.51. The zero-order chi connectivity index (χ0) is 14.9. The Labute approximate surface area is 132 Å². The highest BCUT2D eigenvalue weighted by molar-refractivity contribution is 6.30. The SMILES string of the molecule is CCC(NCCCOc1ccccc1)c1ccc(Cl)cc1. The molecule has 2 aromatic carbocycles. The summed E-state index contributed by atoms with van der Waals surface area (Å²) in [5, 5.41) is 4.35. The van der Waals surface area contributed by atoms with E-state index in [-0.39, 0.29) is 0 Å². The Kier molecular flexibility index (Phi) is 6.58. The van der Waals surface area contributed by atoms with Crippen LogP contribution in [-0.4, -0.2) is 13.2 Å². The minimum atomic E-state index is 0.374. The first-order valence-electron chi connectivity index (χ1n) is 7.46. The van der Waals surface area contributed by atoms with Gasteiger partial charge < -0.3 is 10.1 Å². The van der Waals surface area contributed by atoms with E-state index >= 15 is 0 Å². The number of ether oxygens (including phenoxy) is 1. The predicted molar refractivity (Wildman–Crippen MR) is 89.0 cm³/mol. The molecule has 0 saturated carbocycles. The lowest BCUT2D eigenvalue weighted by atomic mass is 10.0. The Morgan fingerprint density at radius 1 is 1.05 bits per heavy atom. The van der Waals surface area contributed by atoms with Gasteiger partial charge in [-0.05, 0) is 49.2 Å². The molecule has 2 nitrogen and oxygen atoms in total. The zero-order valence-electron chi connectivity index (χ0n) is 12.4. The summed E-state index contributed by atoms with van der Waals surface area (Å²) in [5.41, 5.74) is 1.28. The molecule has 3 heteroatoms. The molecule has 0 aromatic heterocycles. The van der Waals surface area contributed by atoms with E-state index in [1.807, 2.05) is 42.5 Å². The van der Waals surface area contributed by atoms with Crippen LogP contribution in [0.15, 0.2) is 54.6 Å².